The summed E-state index contributed by atoms with van der Waals surface area (Å²) in [4.78, 5) is 8.99. The summed E-state index contributed by atoms with van der Waals surface area (Å²) in [6, 6.07) is 10.0. The largest absolute Gasteiger partial charge is 0.439 e. The van der Waals surface area contributed by atoms with E-state index in [1.165, 1.54) is 18.4 Å². The molecule has 0 saturated heterocycles. The Hall–Kier alpha value is -1.42. The molecule has 3 rings (SSSR count). The maximum atomic E-state index is 6.05. The molecule has 0 spiro atoms. The van der Waals surface area contributed by atoms with Crippen molar-refractivity contribution in [2.45, 2.75) is 44.9 Å². The first kappa shape index (κ1) is 14.5. The zero-order valence-corrected chi connectivity index (χ0v) is 13.9. The number of nitrogens with zero attached hydrogens (tertiary/aromatic N) is 2. The first-order chi connectivity index (χ1) is 10.2. The predicted molar refractivity (Wildman–Crippen MR) is 86.9 cm³/mol. The van der Waals surface area contributed by atoms with E-state index in [4.69, 9.17) is 4.74 Å². The molecule has 1 heterocycles. The second kappa shape index (κ2) is 6.14. The molecule has 110 valence electrons. The number of ether oxygens (including phenoxy) is 1. The Kier molecular flexibility index (Phi) is 4.24. The summed E-state index contributed by atoms with van der Waals surface area (Å²) in [5.41, 5.74) is 1.22. The first-order valence-electron chi connectivity index (χ1n) is 7.48. The zero-order valence-electron chi connectivity index (χ0n) is 12.3. The monoisotopic (exact) mass is 346 g/mol. The Morgan fingerprint density at radius 3 is 2.76 bits per heavy atom. The van der Waals surface area contributed by atoms with E-state index in [1.807, 2.05) is 18.2 Å². The lowest BCUT2D eigenvalue weighted by Crippen LogP contribution is -2.00. The van der Waals surface area contributed by atoms with Crippen molar-refractivity contribution < 1.29 is 4.74 Å². The van der Waals surface area contributed by atoms with Crippen LogP contribution in [0.4, 0.5) is 0 Å². The van der Waals surface area contributed by atoms with Gasteiger partial charge in [-0.2, -0.15) is 4.98 Å². The molecule has 3 nitrogen and oxygen atoms in total. The second-order valence-corrected chi connectivity index (χ2v) is 6.42. The first-order valence-corrected chi connectivity index (χ1v) is 8.28. The third-order valence-electron chi connectivity index (χ3n) is 3.91. The molecule has 1 saturated carbocycles. The second-order valence-electron chi connectivity index (χ2n) is 5.61. The maximum absolute atomic E-state index is 6.05. The number of benzene rings is 1. The fourth-order valence-electron chi connectivity index (χ4n) is 2.30. The molecule has 1 aliphatic rings. The Labute approximate surface area is 133 Å². The van der Waals surface area contributed by atoms with Gasteiger partial charge in [-0.1, -0.05) is 32.0 Å². The van der Waals surface area contributed by atoms with Gasteiger partial charge in [-0.15, -0.1) is 0 Å². The number of para-hydroxylation sites is 1. The van der Waals surface area contributed by atoms with E-state index in [0.29, 0.717) is 17.7 Å². The van der Waals surface area contributed by atoms with Crippen LogP contribution in [-0.4, -0.2) is 9.97 Å². The van der Waals surface area contributed by atoms with Crippen LogP contribution in [0.5, 0.6) is 11.6 Å². The van der Waals surface area contributed by atoms with Gasteiger partial charge in [0.25, 0.3) is 0 Å². The molecule has 0 N–H and O–H groups in total. The van der Waals surface area contributed by atoms with Crippen molar-refractivity contribution in [3.8, 4) is 11.6 Å². The van der Waals surface area contributed by atoms with E-state index in [0.717, 1.165) is 22.6 Å². The van der Waals surface area contributed by atoms with Crippen LogP contribution in [0.25, 0.3) is 0 Å². The summed E-state index contributed by atoms with van der Waals surface area (Å²) in [6.07, 6.45) is 3.44. The number of hydrogen-bond acceptors (Lipinski definition) is 3. The summed E-state index contributed by atoms with van der Waals surface area (Å²) >= 11 is 3.45. The van der Waals surface area contributed by atoms with Crippen LogP contribution >= 0.6 is 15.9 Å². The molecule has 0 radical (unpaired) electrons. The highest BCUT2D eigenvalue weighted by atomic mass is 79.9. The van der Waals surface area contributed by atoms with E-state index >= 15 is 0 Å². The number of aromatic nitrogens is 2. The minimum absolute atomic E-state index is 0.467. The Balaban J connectivity index is 1.90. The van der Waals surface area contributed by atoms with Gasteiger partial charge in [0.15, 0.2) is 0 Å². The molecule has 1 fully saturated rings. The van der Waals surface area contributed by atoms with Crippen LogP contribution in [0.1, 0.15) is 56.3 Å². The molecule has 0 bridgehead atoms. The summed E-state index contributed by atoms with van der Waals surface area (Å²) in [6.45, 7) is 4.40. The van der Waals surface area contributed by atoms with Crippen LogP contribution in [0.3, 0.4) is 0 Å². The van der Waals surface area contributed by atoms with Gasteiger partial charge < -0.3 is 4.74 Å². The molecule has 21 heavy (non-hydrogen) atoms. The third kappa shape index (κ3) is 3.43. The topological polar surface area (TPSA) is 35.0 Å². The van der Waals surface area contributed by atoms with Crippen LogP contribution in [0, 0.1) is 0 Å². The van der Waals surface area contributed by atoms with E-state index in [-0.39, 0.29) is 0 Å². The van der Waals surface area contributed by atoms with Crippen molar-refractivity contribution in [1.29, 1.82) is 0 Å². The van der Waals surface area contributed by atoms with E-state index in [2.05, 4.69) is 51.9 Å². The maximum Gasteiger partial charge on any atom is 0.223 e. The number of rotatable bonds is 5. The summed E-state index contributed by atoms with van der Waals surface area (Å²) in [5.74, 6) is 3.37. The Morgan fingerprint density at radius 2 is 2.05 bits per heavy atom. The highest BCUT2D eigenvalue weighted by molar-refractivity contribution is 9.10. The normalized spacial score (nSPS) is 15.8. The van der Waals surface area contributed by atoms with Gasteiger partial charge >= 0.3 is 0 Å². The van der Waals surface area contributed by atoms with Crippen LogP contribution in [-0.2, 0) is 0 Å². The van der Waals surface area contributed by atoms with E-state index in [9.17, 15) is 0 Å². The zero-order chi connectivity index (χ0) is 14.8. The van der Waals surface area contributed by atoms with Gasteiger partial charge in [-0.3, -0.25) is 0 Å². The highest BCUT2D eigenvalue weighted by Gasteiger charge is 2.27. The quantitative estimate of drug-likeness (QED) is 0.677. The van der Waals surface area contributed by atoms with Crippen molar-refractivity contribution in [3.63, 3.8) is 0 Å². The SMILES string of the molecule is CCC(C)c1ccccc1Oc1cc(Br)nc(C2CC2)n1. The van der Waals surface area contributed by atoms with Crippen LogP contribution in [0.15, 0.2) is 34.9 Å². The average molecular weight is 347 g/mol. The lowest BCUT2D eigenvalue weighted by molar-refractivity contribution is 0.447. The molecule has 1 unspecified atom stereocenters. The van der Waals surface area contributed by atoms with Crippen molar-refractivity contribution in [3.05, 3.63) is 46.3 Å². The van der Waals surface area contributed by atoms with E-state index < -0.39 is 0 Å². The molecular weight excluding hydrogens is 328 g/mol. The fraction of sp³-hybridized carbons (Fsp3) is 0.412. The minimum Gasteiger partial charge on any atom is -0.439 e. The molecule has 0 amide bonds. The fourth-order valence-corrected chi connectivity index (χ4v) is 2.68. The van der Waals surface area contributed by atoms with Gasteiger partial charge in [0.1, 0.15) is 16.2 Å². The third-order valence-corrected chi connectivity index (χ3v) is 4.31. The smallest absolute Gasteiger partial charge is 0.223 e. The number of hydrogen-bond donors (Lipinski definition) is 0. The lowest BCUT2D eigenvalue weighted by Gasteiger charge is -2.15. The molecule has 1 aromatic heterocycles. The molecule has 1 atom stereocenters. The number of halogens is 1. The van der Waals surface area contributed by atoms with Crippen molar-refractivity contribution in [2.75, 3.05) is 0 Å². The Bertz CT molecular complexity index is 640. The van der Waals surface area contributed by atoms with Crippen LogP contribution in [0.2, 0.25) is 0 Å². The summed E-state index contributed by atoms with van der Waals surface area (Å²) in [5, 5.41) is 0. The van der Waals surface area contributed by atoms with Gasteiger partial charge in [0.05, 0.1) is 0 Å². The van der Waals surface area contributed by atoms with Gasteiger partial charge in [0.2, 0.25) is 5.88 Å². The Morgan fingerprint density at radius 1 is 1.29 bits per heavy atom. The van der Waals surface area contributed by atoms with Crippen molar-refractivity contribution >= 4 is 15.9 Å². The highest BCUT2D eigenvalue weighted by Crippen LogP contribution is 2.39. The van der Waals surface area contributed by atoms with E-state index in [1.54, 1.807) is 0 Å². The van der Waals surface area contributed by atoms with Crippen molar-refractivity contribution in [2.24, 2.45) is 0 Å². The molecule has 0 aliphatic heterocycles. The molecule has 2 aromatic rings. The van der Waals surface area contributed by atoms with Gasteiger partial charge in [0, 0.05) is 12.0 Å². The standard InChI is InChI=1S/C17H19BrN2O/c1-3-11(2)13-6-4-5-7-14(13)21-16-10-15(18)19-17(20-16)12-8-9-12/h4-7,10-12H,3,8-9H2,1-2H3. The molecule has 4 heteroatoms. The predicted octanol–water partition coefficient (Wildman–Crippen LogP) is 5.42. The van der Waals surface area contributed by atoms with Crippen LogP contribution < -0.4 is 4.74 Å². The summed E-state index contributed by atoms with van der Waals surface area (Å²) in [7, 11) is 0. The molecular formula is C17H19BrN2O. The lowest BCUT2D eigenvalue weighted by atomic mass is 9.98. The molecule has 1 aliphatic carbocycles. The van der Waals surface area contributed by atoms with Crippen molar-refractivity contribution in [1.82, 2.24) is 9.97 Å². The average Bonchev–Trinajstić information content (AvgIpc) is 3.31. The van der Waals surface area contributed by atoms with Gasteiger partial charge in [-0.25, -0.2) is 4.98 Å². The summed E-state index contributed by atoms with van der Waals surface area (Å²) < 4.78 is 6.84. The van der Waals surface area contributed by atoms with Gasteiger partial charge in [-0.05, 0) is 52.7 Å². The minimum atomic E-state index is 0.467. The molecule has 1 aromatic carbocycles.